The van der Waals surface area contributed by atoms with Crippen molar-refractivity contribution < 1.29 is 0 Å². The number of anilines is 6. The number of unbranched alkanes of at least 4 members (excludes halogenated alkanes) is 6. The lowest BCUT2D eigenvalue weighted by molar-refractivity contribution is 0.600. The van der Waals surface area contributed by atoms with Gasteiger partial charge in [0.15, 0.2) is 10.9 Å². The van der Waals surface area contributed by atoms with Gasteiger partial charge in [-0.15, -0.1) is 0 Å². The molecule has 0 spiro atoms. The van der Waals surface area contributed by atoms with Gasteiger partial charge < -0.3 is 18.9 Å². The summed E-state index contributed by atoms with van der Waals surface area (Å²) >= 11 is 0. The Bertz CT molecular complexity index is 3110. The fraction of sp³-hybridized carbons (Fsp3) is 0.267. The third kappa shape index (κ3) is 8.53. The van der Waals surface area contributed by atoms with Gasteiger partial charge in [0.1, 0.15) is 0 Å². The van der Waals surface area contributed by atoms with E-state index >= 15 is 9.59 Å². The summed E-state index contributed by atoms with van der Waals surface area (Å²) in [5, 5.41) is 2.63. The normalized spacial score (nSPS) is 11.6. The van der Waals surface area contributed by atoms with E-state index in [0.717, 1.165) is 121 Å². The van der Waals surface area contributed by atoms with Gasteiger partial charge in [0.2, 0.25) is 0 Å². The summed E-state index contributed by atoms with van der Waals surface area (Å²) < 4.78 is 4.63. The Labute approximate surface area is 389 Å². The number of aryl methyl sites for hydroxylation is 6. The third-order valence-corrected chi connectivity index (χ3v) is 13.7. The lowest BCUT2D eigenvalue weighted by atomic mass is 10.0. The van der Waals surface area contributed by atoms with Crippen LogP contribution >= 0.6 is 0 Å². The molecule has 334 valence electrons. The van der Waals surface area contributed by atoms with Crippen molar-refractivity contribution in [2.75, 3.05) is 9.80 Å². The second-order valence-corrected chi connectivity index (χ2v) is 18.3. The van der Waals surface area contributed by atoms with Gasteiger partial charge in [-0.05, 0) is 160 Å². The molecule has 7 aromatic carbocycles. The largest absolute Gasteiger partial charge is 0.340 e. The number of para-hydroxylation sites is 2. The van der Waals surface area contributed by atoms with E-state index < -0.39 is 0 Å². The number of aromatic nitrogens is 2. The van der Waals surface area contributed by atoms with E-state index in [9.17, 15) is 0 Å². The maximum atomic E-state index is 15.3. The first kappa shape index (κ1) is 44.3. The molecule has 0 N–H and O–H groups in total. The van der Waals surface area contributed by atoms with Gasteiger partial charge in [0, 0.05) is 68.8 Å². The summed E-state index contributed by atoms with van der Waals surface area (Å²) in [7, 11) is 0. The van der Waals surface area contributed by atoms with Crippen molar-refractivity contribution >= 4 is 77.7 Å². The Morgan fingerprint density at radius 3 is 1.09 bits per heavy atom. The second-order valence-electron chi connectivity index (χ2n) is 18.3. The van der Waals surface area contributed by atoms with Crippen LogP contribution in [0.4, 0.5) is 34.1 Å². The maximum absolute atomic E-state index is 15.3. The van der Waals surface area contributed by atoms with Crippen molar-refractivity contribution in [1.82, 2.24) is 9.13 Å². The highest BCUT2D eigenvalue weighted by atomic mass is 16.1. The van der Waals surface area contributed by atoms with E-state index in [2.05, 4.69) is 182 Å². The highest BCUT2D eigenvalue weighted by molar-refractivity contribution is 6.05. The Morgan fingerprint density at radius 2 is 0.712 bits per heavy atom. The molecular weight excluding hydrogens is 809 g/mol. The van der Waals surface area contributed by atoms with Crippen LogP contribution in [0.3, 0.4) is 0 Å². The highest BCUT2D eigenvalue weighted by Crippen LogP contribution is 2.39. The van der Waals surface area contributed by atoms with E-state index in [0.29, 0.717) is 21.5 Å². The molecule has 0 radical (unpaired) electrons. The monoisotopic (exact) mass is 870 g/mol. The van der Waals surface area contributed by atoms with E-state index in [4.69, 9.17) is 0 Å². The quantitative estimate of drug-likeness (QED) is 0.0717. The minimum atomic E-state index is -0.0195. The standard InChI is InChI=1S/C60H62N4O2/c1-7-9-11-19-33-61-55-31-29-49(63(45-21-15-13-16-22-45)47-27-25-41(3)43(5)35-47)37-51(55)59(65)53-40-58-54(39-57(53)61)60(66)52-38-50(30-32-56(52)62(58)34-20-12-10-8-2)64(46-23-17-14-18-24-46)48-28-26-42(4)44(6)36-48/h13-18,21-32,35-40H,7-12,19-20,33-34H2,1-6H3. The lowest BCUT2D eigenvalue weighted by Crippen LogP contribution is -2.17. The van der Waals surface area contributed by atoms with E-state index in [1.165, 1.54) is 22.3 Å². The van der Waals surface area contributed by atoms with Gasteiger partial charge in [0.25, 0.3) is 0 Å². The molecule has 0 bridgehead atoms. The molecule has 0 aliphatic rings. The van der Waals surface area contributed by atoms with Gasteiger partial charge in [0.05, 0.1) is 22.1 Å². The molecule has 66 heavy (non-hydrogen) atoms. The molecule has 0 aliphatic carbocycles. The van der Waals surface area contributed by atoms with Crippen molar-refractivity contribution in [3.8, 4) is 0 Å². The van der Waals surface area contributed by atoms with E-state index in [1.807, 2.05) is 24.3 Å². The zero-order valence-electron chi connectivity index (χ0n) is 39.5. The Morgan fingerprint density at radius 1 is 0.348 bits per heavy atom. The van der Waals surface area contributed by atoms with Gasteiger partial charge in [-0.1, -0.05) is 101 Å². The van der Waals surface area contributed by atoms with Gasteiger partial charge in [-0.3, -0.25) is 9.59 Å². The van der Waals surface area contributed by atoms with Crippen LogP contribution in [0, 0.1) is 27.7 Å². The summed E-state index contributed by atoms with van der Waals surface area (Å²) in [5.74, 6) is 0. The number of benzene rings is 7. The van der Waals surface area contributed by atoms with Crippen LogP contribution in [-0.2, 0) is 13.1 Å². The van der Waals surface area contributed by atoms with E-state index in [1.54, 1.807) is 0 Å². The average molecular weight is 871 g/mol. The van der Waals surface area contributed by atoms with Crippen LogP contribution in [0.5, 0.6) is 0 Å². The minimum Gasteiger partial charge on any atom is -0.340 e. The van der Waals surface area contributed by atoms with E-state index in [-0.39, 0.29) is 10.9 Å². The Kier molecular flexibility index (Phi) is 12.9. The smallest absolute Gasteiger partial charge is 0.197 e. The van der Waals surface area contributed by atoms with Crippen molar-refractivity contribution in [1.29, 1.82) is 0 Å². The average Bonchev–Trinajstić information content (AvgIpc) is 3.34. The topological polar surface area (TPSA) is 50.5 Å². The number of fused-ring (bicyclic) bond motifs is 4. The first-order valence-electron chi connectivity index (χ1n) is 24.1. The van der Waals surface area contributed by atoms with Crippen LogP contribution in [0.2, 0.25) is 0 Å². The van der Waals surface area contributed by atoms with Gasteiger partial charge >= 0.3 is 0 Å². The van der Waals surface area contributed by atoms with Crippen molar-refractivity contribution in [2.45, 2.75) is 106 Å². The molecule has 6 heteroatoms. The summed E-state index contributed by atoms with van der Waals surface area (Å²) in [6, 6.07) is 50.7. The molecule has 2 aromatic heterocycles. The van der Waals surface area contributed by atoms with Crippen molar-refractivity contribution in [2.24, 2.45) is 0 Å². The van der Waals surface area contributed by atoms with Crippen molar-refractivity contribution in [3.63, 3.8) is 0 Å². The van der Waals surface area contributed by atoms with Crippen LogP contribution in [0.15, 0.2) is 155 Å². The minimum absolute atomic E-state index is 0.0195. The molecule has 0 amide bonds. The zero-order chi connectivity index (χ0) is 45.9. The van der Waals surface area contributed by atoms with Gasteiger partial charge in [-0.25, -0.2) is 0 Å². The zero-order valence-corrected chi connectivity index (χ0v) is 39.5. The molecule has 0 aliphatic heterocycles. The fourth-order valence-electron chi connectivity index (χ4n) is 9.75. The molecular formula is C60H62N4O2. The number of rotatable bonds is 16. The van der Waals surface area contributed by atoms with Gasteiger partial charge in [-0.2, -0.15) is 0 Å². The summed E-state index contributed by atoms with van der Waals surface area (Å²) in [5.41, 5.74) is 14.2. The SMILES string of the molecule is CCCCCCn1c2ccc(N(c3ccccc3)c3ccc(C)c(C)c3)cc2c(=O)c2cc3c(cc21)c(=O)c1cc(N(c2ccccc2)c2ccc(C)c(C)c2)ccc1n3CCCCCC. The number of hydrogen-bond donors (Lipinski definition) is 0. The first-order chi connectivity index (χ1) is 32.2. The molecule has 6 nitrogen and oxygen atoms in total. The maximum Gasteiger partial charge on any atom is 0.197 e. The molecule has 2 heterocycles. The molecule has 0 atom stereocenters. The predicted molar refractivity (Wildman–Crippen MR) is 282 cm³/mol. The Hall–Kier alpha value is -6.92. The molecule has 0 fully saturated rings. The summed E-state index contributed by atoms with van der Waals surface area (Å²) in [6.07, 6.45) is 8.66. The molecule has 0 saturated heterocycles. The number of hydrogen-bond acceptors (Lipinski definition) is 4. The highest BCUT2D eigenvalue weighted by Gasteiger charge is 2.21. The number of nitrogens with zero attached hydrogens (tertiary/aromatic N) is 4. The molecule has 0 unspecified atom stereocenters. The van der Waals surface area contributed by atoms with Crippen LogP contribution in [-0.4, -0.2) is 9.13 Å². The molecule has 0 saturated carbocycles. The first-order valence-corrected chi connectivity index (χ1v) is 24.1. The Balaban J connectivity index is 1.30. The summed E-state index contributed by atoms with van der Waals surface area (Å²) in [6.45, 7) is 14.5. The lowest BCUT2D eigenvalue weighted by Gasteiger charge is -2.27. The van der Waals surface area contributed by atoms with Crippen LogP contribution in [0.25, 0.3) is 43.6 Å². The third-order valence-electron chi connectivity index (χ3n) is 13.7. The summed E-state index contributed by atoms with van der Waals surface area (Å²) in [4.78, 5) is 35.0. The van der Waals surface area contributed by atoms with Crippen molar-refractivity contribution in [3.05, 3.63) is 188 Å². The fourth-order valence-corrected chi connectivity index (χ4v) is 9.75. The molecule has 9 aromatic rings. The predicted octanol–water partition coefficient (Wildman–Crippen LogP) is 16.0. The van der Waals surface area contributed by atoms with Crippen LogP contribution in [0.1, 0.15) is 87.5 Å². The van der Waals surface area contributed by atoms with Crippen LogP contribution < -0.4 is 20.7 Å². The molecule has 9 rings (SSSR count). The second kappa shape index (κ2) is 19.3. The number of pyridine rings is 2.